The molecular weight excluding hydrogens is 462 g/mol. The molecule has 0 fully saturated rings. The van der Waals surface area contributed by atoms with Gasteiger partial charge >= 0.3 is 5.69 Å². The van der Waals surface area contributed by atoms with Gasteiger partial charge in [0.25, 0.3) is 5.56 Å². The Morgan fingerprint density at radius 1 is 0.968 bits per heavy atom. The zero-order valence-electron chi connectivity index (χ0n) is 16.4. The molecule has 0 spiro atoms. The molecule has 0 amide bonds. The van der Waals surface area contributed by atoms with Gasteiger partial charge in [-0.15, -0.1) is 11.8 Å². The topological polar surface area (TPSA) is 69.8 Å². The summed E-state index contributed by atoms with van der Waals surface area (Å²) in [5.41, 5.74) is 0.671. The van der Waals surface area contributed by atoms with E-state index in [2.05, 4.69) is 9.97 Å². The predicted molar refractivity (Wildman–Crippen MR) is 121 cm³/mol. The van der Waals surface area contributed by atoms with Crippen LogP contribution in [0.3, 0.4) is 0 Å². The fourth-order valence-electron chi connectivity index (χ4n) is 3.04. The van der Waals surface area contributed by atoms with Crippen molar-refractivity contribution in [3.8, 4) is 11.4 Å². The van der Waals surface area contributed by atoms with Crippen molar-refractivity contribution in [2.45, 2.75) is 10.8 Å². The maximum atomic E-state index is 13.4. The number of rotatable bonds is 4. The lowest BCUT2D eigenvalue weighted by Crippen LogP contribution is -2.37. The van der Waals surface area contributed by atoms with Gasteiger partial charge in [0, 0.05) is 25.4 Å². The molecule has 31 heavy (non-hydrogen) atoms. The Labute approximate surface area is 190 Å². The monoisotopic (exact) mass is 476 g/mol. The Bertz CT molecular complexity index is 1430. The molecule has 0 radical (unpaired) electrons. The number of hydrogen-bond donors (Lipinski definition) is 0. The molecule has 0 saturated heterocycles. The maximum Gasteiger partial charge on any atom is 0.332 e. The Morgan fingerprint density at radius 2 is 1.68 bits per heavy atom. The summed E-state index contributed by atoms with van der Waals surface area (Å²) in [7, 11) is 2.95. The van der Waals surface area contributed by atoms with Crippen molar-refractivity contribution >= 4 is 46.0 Å². The summed E-state index contributed by atoms with van der Waals surface area (Å²) in [6, 6.07) is 11.0. The lowest BCUT2D eigenvalue weighted by molar-refractivity contribution is 0.628. The molecule has 0 saturated carbocycles. The van der Waals surface area contributed by atoms with E-state index in [0.717, 1.165) is 10.1 Å². The SMILES string of the molecule is Cn1c(=O)c2c(SCc3ccc(Cl)c(Cl)c3)nc(-c3ccc(F)cc3)nc2n(C)c1=O. The highest BCUT2D eigenvalue weighted by atomic mass is 35.5. The summed E-state index contributed by atoms with van der Waals surface area (Å²) in [6.45, 7) is 0. The van der Waals surface area contributed by atoms with Crippen molar-refractivity contribution < 1.29 is 4.39 Å². The lowest BCUT2D eigenvalue weighted by Gasteiger charge is -2.12. The van der Waals surface area contributed by atoms with Crippen LogP contribution in [-0.4, -0.2) is 19.1 Å². The molecule has 0 unspecified atom stereocenters. The summed E-state index contributed by atoms with van der Waals surface area (Å²) < 4.78 is 15.7. The van der Waals surface area contributed by atoms with Crippen LogP contribution in [0.25, 0.3) is 22.4 Å². The zero-order valence-corrected chi connectivity index (χ0v) is 18.7. The standard InChI is InChI=1S/C21H15Cl2FN4O2S/c1-27-18-16(20(29)28(2)21(27)30)19(31-10-11-3-8-14(22)15(23)9-11)26-17(25-18)12-4-6-13(24)7-5-12/h3-9H,10H2,1-2H3. The summed E-state index contributed by atoms with van der Waals surface area (Å²) >= 11 is 13.4. The van der Waals surface area contributed by atoms with Gasteiger partial charge < -0.3 is 0 Å². The second kappa shape index (κ2) is 8.45. The van der Waals surface area contributed by atoms with Crippen LogP contribution in [0.4, 0.5) is 4.39 Å². The number of halogens is 3. The van der Waals surface area contributed by atoms with Gasteiger partial charge in [-0.2, -0.15) is 0 Å². The molecule has 0 aliphatic rings. The summed E-state index contributed by atoms with van der Waals surface area (Å²) in [6.07, 6.45) is 0. The molecule has 0 aliphatic heterocycles. The summed E-state index contributed by atoms with van der Waals surface area (Å²) in [5, 5.41) is 1.52. The second-order valence-electron chi connectivity index (χ2n) is 6.80. The second-order valence-corrected chi connectivity index (χ2v) is 8.58. The Kier molecular flexibility index (Phi) is 5.88. The average Bonchev–Trinajstić information content (AvgIpc) is 2.77. The van der Waals surface area contributed by atoms with Crippen LogP contribution in [0.1, 0.15) is 5.56 Å². The van der Waals surface area contributed by atoms with E-state index in [1.807, 2.05) is 6.07 Å². The third kappa shape index (κ3) is 4.11. The molecule has 0 aliphatic carbocycles. The smallest absolute Gasteiger partial charge is 0.280 e. The van der Waals surface area contributed by atoms with Crippen LogP contribution in [0.2, 0.25) is 10.0 Å². The van der Waals surface area contributed by atoms with Crippen LogP contribution in [0.5, 0.6) is 0 Å². The first-order chi connectivity index (χ1) is 14.8. The quantitative estimate of drug-likeness (QED) is 0.321. The van der Waals surface area contributed by atoms with E-state index >= 15 is 0 Å². The third-order valence-electron chi connectivity index (χ3n) is 4.73. The van der Waals surface area contributed by atoms with Crippen molar-refractivity contribution in [1.29, 1.82) is 0 Å². The first-order valence-corrected chi connectivity index (χ1v) is 10.8. The highest BCUT2D eigenvalue weighted by Crippen LogP contribution is 2.30. The van der Waals surface area contributed by atoms with E-state index in [1.54, 1.807) is 31.3 Å². The molecular formula is C21H15Cl2FN4O2S. The van der Waals surface area contributed by atoms with E-state index < -0.39 is 11.2 Å². The van der Waals surface area contributed by atoms with E-state index in [1.165, 1.54) is 35.5 Å². The predicted octanol–water partition coefficient (Wildman–Crippen LogP) is 4.43. The third-order valence-corrected chi connectivity index (χ3v) is 6.51. The van der Waals surface area contributed by atoms with Gasteiger partial charge in [0.1, 0.15) is 16.2 Å². The zero-order chi connectivity index (χ0) is 22.3. The fourth-order valence-corrected chi connectivity index (χ4v) is 4.32. The van der Waals surface area contributed by atoms with Crippen LogP contribution >= 0.6 is 35.0 Å². The molecule has 0 N–H and O–H groups in total. The van der Waals surface area contributed by atoms with Crippen molar-refractivity contribution in [2.24, 2.45) is 14.1 Å². The van der Waals surface area contributed by atoms with Gasteiger partial charge in [-0.25, -0.2) is 19.2 Å². The molecule has 2 aromatic carbocycles. The van der Waals surface area contributed by atoms with E-state index in [9.17, 15) is 14.0 Å². The van der Waals surface area contributed by atoms with Crippen LogP contribution in [0, 0.1) is 5.82 Å². The lowest BCUT2D eigenvalue weighted by atomic mass is 10.2. The summed E-state index contributed by atoms with van der Waals surface area (Å²) in [4.78, 5) is 34.3. The van der Waals surface area contributed by atoms with Crippen molar-refractivity contribution in [3.05, 3.63) is 84.7 Å². The van der Waals surface area contributed by atoms with Gasteiger partial charge in [-0.05, 0) is 42.0 Å². The van der Waals surface area contributed by atoms with Crippen molar-refractivity contribution in [2.75, 3.05) is 0 Å². The molecule has 4 aromatic rings. The number of benzene rings is 2. The number of aryl methyl sites for hydroxylation is 1. The highest BCUT2D eigenvalue weighted by Gasteiger charge is 2.18. The van der Waals surface area contributed by atoms with Gasteiger partial charge in [0.05, 0.1) is 10.0 Å². The Morgan fingerprint density at radius 3 is 2.35 bits per heavy atom. The average molecular weight is 477 g/mol. The number of nitrogens with zero attached hydrogens (tertiary/aromatic N) is 4. The van der Waals surface area contributed by atoms with Crippen molar-refractivity contribution in [3.63, 3.8) is 0 Å². The highest BCUT2D eigenvalue weighted by molar-refractivity contribution is 7.98. The van der Waals surface area contributed by atoms with Crippen LogP contribution in [-0.2, 0) is 19.8 Å². The van der Waals surface area contributed by atoms with E-state index in [-0.39, 0.29) is 22.7 Å². The molecule has 2 aromatic heterocycles. The molecule has 0 atom stereocenters. The fraction of sp³-hybridized carbons (Fsp3) is 0.143. The molecule has 6 nitrogen and oxygen atoms in total. The van der Waals surface area contributed by atoms with Gasteiger partial charge in [-0.3, -0.25) is 13.9 Å². The normalized spacial score (nSPS) is 11.3. The molecule has 158 valence electrons. The number of aromatic nitrogens is 4. The summed E-state index contributed by atoms with van der Waals surface area (Å²) in [5.74, 6) is 0.352. The minimum Gasteiger partial charge on any atom is -0.280 e. The molecule has 2 heterocycles. The van der Waals surface area contributed by atoms with Crippen molar-refractivity contribution in [1.82, 2.24) is 19.1 Å². The number of fused-ring (bicyclic) bond motifs is 1. The van der Waals surface area contributed by atoms with Crippen LogP contribution in [0.15, 0.2) is 57.1 Å². The molecule has 4 rings (SSSR count). The van der Waals surface area contributed by atoms with Gasteiger partial charge in [0.15, 0.2) is 11.5 Å². The molecule has 10 heteroatoms. The largest absolute Gasteiger partial charge is 0.332 e. The Balaban J connectivity index is 1.90. The van der Waals surface area contributed by atoms with E-state index in [0.29, 0.717) is 26.4 Å². The molecule has 0 bridgehead atoms. The minimum atomic E-state index is -0.498. The first-order valence-electron chi connectivity index (χ1n) is 9.06. The first kappa shape index (κ1) is 21.5. The number of hydrogen-bond acceptors (Lipinski definition) is 5. The number of thioether (sulfide) groups is 1. The van der Waals surface area contributed by atoms with E-state index in [4.69, 9.17) is 23.2 Å². The van der Waals surface area contributed by atoms with Gasteiger partial charge in [-0.1, -0.05) is 29.3 Å². The minimum absolute atomic E-state index is 0.207. The Hall–Kier alpha value is -2.68. The van der Waals surface area contributed by atoms with Crippen LogP contribution < -0.4 is 11.2 Å². The van der Waals surface area contributed by atoms with Gasteiger partial charge in [0.2, 0.25) is 0 Å². The maximum absolute atomic E-state index is 13.4.